The van der Waals surface area contributed by atoms with Gasteiger partial charge in [-0.1, -0.05) is 20.8 Å². The molecule has 0 spiro atoms. The topological polar surface area (TPSA) is 169 Å². The predicted octanol–water partition coefficient (Wildman–Crippen LogP) is 0.927. The Labute approximate surface area is 195 Å². The number of aromatic nitrogens is 3. The number of esters is 2. The summed E-state index contributed by atoms with van der Waals surface area (Å²) in [6.07, 6.45) is 3.86. The Morgan fingerprint density at radius 1 is 1.18 bits per heavy atom. The first-order valence-corrected chi connectivity index (χ1v) is 10.3. The maximum absolute atomic E-state index is 12.4. The highest BCUT2D eigenvalue weighted by atomic mass is 16.5. The third-order valence-electron chi connectivity index (χ3n) is 4.59. The molecule has 0 bridgehead atoms. The van der Waals surface area contributed by atoms with Crippen LogP contribution in [0.25, 0.3) is 17.1 Å². The molecule has 1 atom stereocenters. The molecule has 2 heterocycles. The molecular weight excluding hydrogens is 446 g/mol. The first kappa shape index (κ1) is 26.2. The summed E-state index contributed by atoms with van der Waals surface area (Å²) in [5, 5.41) is 5.15. The van der Waals surface area contributed by atoms with Crippen LogP contribution in [0, 0.1) is 5.41 Å². The fourth-order valence-corrected chi connectivity index (χ4v) is 2.63. The summed E-state index contributed by atoms with van der Waals surface area (Å²) in [6, 6.07) is 0.437. The van der Waals surface area contributed by atoms with E-state index in [4.69, 9.17) is 0 Å². The maximum atomic E-state index is 12.4. The van der Waals surface area contributed by atoms with Gasteiger partial charge in [-0.3, -0.25) is 29.5 Å². The van der Waals surface area contributed by atoms with Gasteiger partial charge in [0.25, 0.3) is 5.56 Å². The number of nitrogens with zero attached hydrogens (tertiary/aromatic N) is 2. The van der Waals surface area contributed by atoms with Gasteiger partial charge in [-0.25, -0.2) is 9.78 Å². The van der Waals surface area contributed by atoms with Gasteiger partial charge in [0.05, 0.1) is 19.6 Å². The number of fused-ring (bicyclic) bond motifs is 1. The van der Waals surface area contributed by atoms with Gasteiger partial charge in [0.1, 0.15) is 6.04 Å². The lowest BCUT2D eigenvalue weighted by atomic mass is 9.96. The number of anilines is 1. The number of nitrogens with one attached hydrogen (secondary N) is 3. The smallest absolute Gasteiger partial charge is 0.328 e. The number of pyridine rings is 1. The Morgan fingerprint density at radius 2 is 1.88 bits per heavy atom. The third kappa shape index (κ3) is 7.22. The van der Waals surface area contributed by atoms with Gasteiger partial charge in [0, 0.05) is 24.1 Å². The zero-order chi connectivity index (χ0) is 25.5. The van der Waals surface area contributed by atoms with Crippen molar-refractivity contribution < 1.29 is 28.7 Å². The molecule has 0 unspecified atom stereocenters. The van der Waals surface area contributed by atoms with E-state index in [0.717, 1.165) is 6.08 Å². The van der Waals surface area contributed by atoms with Crippen molar-refractivity contribution in [2.45, 2.75) is 39.7 Å². The summed E-state index contributed by atoms with van der Waals surface area (Å²) in [5.74, 6) is -2.19. The van der Waals surface area contributed by atoms with Crippen molar-refractivity contribution in [3.63, 3.8) is 0 Å². The summed E-state index contributed by atoms with van der Waals surface area (Å²) >= 11 is 0. The lowest BCUT2D eigenvalue weighted by Crippen LogP contribution is -2.41. The maximum Gasteiger partial charge on any atom is 0.328 e. The molecule has 2 amide bonds. The van der Waals surface area contributed by atoms with E-state index in [2.05, 4.69) is 35.1 Å². The molecule has 0 aromatic carbocycles. The van der Waals surface area contributed by atoms with Crippen LogP contribution in [-0.2, 0) is 28.7 Å². The fourth-order valence-electron chi connectivity index (χ4n) is 2.63. The van der Waals surface area contributed by atoms with Gasteiger partial charge in [-0.2, -0.15) is 4.98 Å². The second-order valence-electron chi connectivity index (χ2n) is 8.29. The van der Waals surface area contributed by atoms with E-state index in [9.17, 15) is 24.0 Å². The SMILES string of the molecule is COC(=O)CC[C@@H](NC(=O)C=Cc1cnc2nc(NC(=O)C(C)(C)C)[nH]c(=O)c2c1)C(=O)OC. The van der Waals surface area contributed by atoms with E-state index in [0.29, 0.717) is 5.56 Å². The predicted molar refractivity (Wildman–Crippen MR) is 122 cm³/mol. The van der Waals surface area contributed by atoms with Crippen LogP contribution in [0.4, 0.5) is 5.95 Å². The molecule has 12 nitrogen and oxygen atoms in total. The van der Waals surface area contributed by atoms with E-state index in [1.165, 1.54) is 32.6 Å². The summed E-state index contributed by atoms with van der Waals surface area (Å²) in [6.45, 7) is 5.17. The van der Waals surface area contributed by atoms with Crippen LogP contribution in [0.3, 0.4) is 0 Å². The average Bonchev–Trinajstić information content (AvgIpc) is 2.79. The number of hydrogen-bond donors (Lipinski definition) is 3. The zero-order valence-corrected chi connectivity index (χ0v) is 19.6. The molecule has 34 heavy (non-hydrogen) atoms. The number of carbonyl (C=O) groups excluding carboxylic acids is 4. The molecule has 2 aromatic heterocycles. The molecule has 182 valence electrons. The lowest BCUT2D eigenvalue weighted by Gasteiger charge is -2.16. The molecule has 0 fully saturated rings. The minimum absolute atomic E-state index is 0.00554. The quantitative estimate of drug-likeness (QED) is 0.373. The molecule has 2 aromatic rings. The third-order valence-corrected chi connectivity index (χ3v) is 4.59. The van der Waals surface area contributed by atoms with E-state index in [1.807, 2.05) is 0 Å². The highest BCUT2D eigenvalue weighted by Crippen LogP contribution is 2.16. The molecule has 12 heteroatoms. The summed E-state index contributed by atoms with van der Waals surface area (Å²) in [4.78, 5) is 70.8. The van der Waals surface area contributed by atoms with Crippen molar-refractivity contribution in [3.05, 3.63) is 34.3 Å². The van der Waals surface area contributed by atoms with Gasteiger partial charge in [-0.15, -0.1) is 0 Å². The van der Waals surface area contributed by atoms with Crippen molar-refractivity contribution in [1.82, 2.24) is 20.3 Å². The number of amides is 2. The lowest BCUT2D eigenvalue weighted by molar-refractivity contribution is -0.146. The first-order chi connectivity index (χ1) is 15.9. The first-order valence-electron chi connectivity index (χ1n) is 10.3. The van der Waals surface area contributed by atoms with Gasteiger partial charge < -0.3 is 14.8 Å². The normalized spacial score (nSPS) is 12.3. The fraction of sp³-hybridized carbons (Fsp3) is 0.409. The number of methoxy groups -OCH3 is 2. The second-order valence-corrected chi connectivity index (χ2v) is 8.29. The summed E-state index contributed by atoms with van der Waals surface area (Å²) < 4.78 is 9.18. The van der Waals surface area contributed by atoms with E-state index >= 15 is 0 Å². The van der Waals surface area contributed by atoms with Crippen LogP contribution in [0.2, 0.25) is 0 Å². The zero-order valence-electron chi connectivity index (χ0n) is 19.6. The second kappa shape index (κ2) is 11.2. The Morgan fingerprint density at radius 3 is 2.50 bits per heavy atom. The molecule has 0 saturated heterocycles. The number of aromatic amines is 1. The minimum Gasteiger partial charge on any atom is -0.469 e. The van der Waals surface area contributed by atoms with Crippen LogP contribution in [0.1, 0.15) is 39.2 Å². The molecule has 0 aliphatic carbocycles. The van der Waals surface area contributed by atoms with Gasteiger partial charge >= 0.3 is 11.9 Å². The van der Waals surface area contributed by atoms with Crippen molar-refractivity contribution in [2.24, 2.45) is 5.41 Å². The molecule has 3 N–H and O–H groups in total. The molecule has 0 radical (unpaired) electrons. The van der Waals surface area contributed by atoms with E-state index < -0.39 is 34.9 Å². The van der Waals surface area contributed by atoms with Gasteiger partial charge in [-0.05, 0) is 24.1 Å². The van der Waals surface area contributed by atoms with Crippen LogP contribution in [0.15, 0.2) is 23.1 Å². The summed E-state index contributed by atoms with van der Waals surface area (Å²) in [5.41, 5.74) is -0.661. The monoisotopic (exact) mass is 473 g/mol. The largest absolute Gasteiger partial charge is 0.469 e. The highest BCUT2D eigenvalue weighted by Gasteiger charge is 2.23. The number of ether oxygens (including phenoxy) is 2. The standard InChI is InChI=1S/C22H27N5O7/c1-22(2,3)20(32)27-21-25-17-13(18(30)26-21)10-12(11-23-17)6-8-15(28)24-14(19(31)34-5)7-9-16(29)33-4/h6,8,10-11,14H,7,9H2,1-5H3,(H,24,28)(H2,23,25,26,27,30,32)/t14-/m1/s1. The Kier molecular flexibility index (Phi) is 8.59. The Hall–Kier alpha value is -4.09. The summed E-state index contributed by atoms with van der Waals surface area (Å²) in [7, 11) is 2.39. The molecule has 2 rings (SSSR count). The minimum atomic E-state index is -1.04. The Bertz CT molecular complexity index is 1180. The molecule has 0 aliphatic heterocycles. The van der Waals surface area contributed by atoms with Crippen molar-refractivity contribution in [3.8, 4) is 0 Å². The van der Waals surface area contributed by atoms with E-state index in [-0.39, 0.29) is 35.7 Å². The van der Waals surface area contributed by atoms with Crippen LogP contribution >= 0.6 is 0 Å². The van der Waals surface area contributed by atoms with Crippen LogP contribution in [0.5, 0.6) is 0 Å². The van der Waals surface area contributed by atoms with Crippen molar-refractivity contribution in [1.29, 1.82) is 0 Å². The van der Waals surface area contributed by atoms with Crippen molar-refractivity contribution >= 4 is 46.8 Å². The van der Waals surface area contributed by atoms with Crippen LogP contribution in [-0.4, -0.2) is 59.0 Å². The van der Waals surface area contributed by atoms with Gasteiger partial charge in [0.2, 0.25) is 17.8 Å². The van der Waals surface area contributed by atoms with Crippen molar-refractivity contribution in [2.75, 3.05) is 19.5 Å². The number of hydrogen-bond acceptors (Lipinski definition) is 9. The number of rotatable bonds is 8. The molecular formula is C22H27N5O7. The molecule has 0 saturated carbocycles. The highest BCUT2D eigenvalue weighted by molar-refractivity contribution is 5.95. The Balaban J connectivity index is 2.15. The number of carbonyl (C=O) groups is 4. The average molecular weight is 473 g/mol. The van der Waals surface area contributed by atoms with Crippen LogP contribution < -0.4 is 16.2 Å². The molecule has 0 aliphatic rings. The van der Waals surface area contributed by atoms with E-state index in [1.54, 1.807) is 20.8 Å². The number of H-pyrrole nitrogens is 1. The van der Waals surface area contributed by atoms with Gasteiger partial charge in [0.15, 0.2) is 5.65 Å².